The fraction of sp³-hybridized carbons (Fsp3) is 0.148. The van der Waals surface area contributed by atoms with E-state index in [1.807, 2.05) is 62.4 Å². The van der Waals surface area contributed by atoms with Crippen molar-refractivity contribution < 1.29 is 17.9 Å². The predicted octanol–water partition coefficient (Wildman–Crippen LogP) is 4.42. The summed E-state index contributed by atoms with van der Waals surface area (Å²) in [5.74, 6) is -0.361. The average molecular weight is 501 g/mol. The van der Waals surface area contributed by atoms with Crippen molar-refractivity contribution in [2.45, 2.75) is 24.8 Å². The molecule has 2 heterocycles. The molecule has 4 bridgehead atoms. The largest absolute Gasteiger partial charge is 0.467 e. The first kappa shape index (κ1) is 23.5. The molecule has 5 rings (SSSR count). The summed E-state index contributed by atoms with van der Waals surface area (Å²) in [4.78, 5) is 21.7. The minimum absolute atomic E-state index is 0.0717. The summed E-state index contributed by atoms with van der Waals surface area (Å²) in [6.07, 6.45) is -0.579. The summed E-state index contributed by atoms with van der Waals surface area (Å²) in [6.45, 7) is 4.07. The van der Waals surface area contributed by atoms with Gasteiger partial charge in [0.05, 0.1) is 17.1 Å². The van der Waals surface area contributed by atoms with Gasteiger partial charge in [-0.3, -0.25) is 4.79 Å². The Hall–Kier alpha value is -4.24. The van der Waals surface area contributed by atoms with E-state index in [0.29, 0.717) is 5.69 Å². The lowest BCUT2D eigenvalue weighted by Gasteiger charge is -2.20. The quantitative estimate of drug-likeness (QED) is 0.422. The van der Waals surface area contributed by atoms with Crippen molar-refractivity contribution in [2.24, 2.45) is 0 Å². The van der Waals surface area contributed by atoms with Crippen LogP contribution in [0.5, 0.6) is 5.88 Å². The monoisotopic (exact) mass is 500 g/mol. The number of anilines is 1. The van der Waals surface area contributed by atoms with Crippen LogP contribution in [0.25, 0.3) is 11.3 Å². The number of aromatic nitrogens is 2. The maximum Gasteiger partial charge on any atom is 0.264 e. The number of fused-ring (bicyclic) bond motifs is 4. The van der Waals surface area contributed by atoms with Crippen LogP contribution in [0.3, 0.4) is 0 Å². The maximum absolute atomic E-state index is 13.2. The summed E-state index contributed by atoms with van der Waals surface area (Å²) in [5, 5.41) is 2.86. The predicted molar refractivity (Wildman–Crippen MR) is 136 cm³/mol. The van der Waals surface area contributed by atoms with Crippen LogP contribution >= 0.6 is 0 Å². The third-order valence-corrected chi connectivity index (χ3v) is 7.28. The number of benzene rings is 3. The Morgan fingerprint density at radius 3 is 2.36 bits per heavy atom. The molecule has 0 radical (unpaired) electrons. The van der Waals surface area contributed by atoms with E-state index in [2.05, 4.69) is 20.0 Å². The standard InChI is InChI=1S/C27H24N4O4S/c1-17-8-6-9-18(2)25(17)22-15-24-30-27(29-22)31-36(33,34)21-13-7-12-20(14-21)26(32)28-16-23(35-24)19-10-4-3-5-11-19/h3-15,23H,16H2,1-2H3,(H,28,32)(H,29,30,31)/t23-/m1/s1. The Morgan fingerprint density at radius 2 is 1.61 bits per heavy atom. The summed E-state index contributed by atoms with van der Waals surface area (Å²) >= 11 is 0. The van der Waals surface area contributed by atoms with Gasteiger partial charge < -0.3 is 10.1 Å². The van der Waals surface area contributed by atoms with Crippen LogP contribution in [0, 0.1) is 13.8 Å². The molecule has 3 aromatic carbocycles. The molecule has 1 aliphatic heterocycles. The Kier molecular flexibility index (Phi) is 6.15. The van der Waals surface area contributed by atoms with Crippen molar-refractivity contribution in [2.75, 3.05) is 11.3 Å². The van der Waals surface area contributed by atoms with Gasteiger partial charge in [0.2, 0.25) is 11.8 Å². The van der Waals surface area contributed by atoms with Gasteiger partial charge in [-0.2, -0.15) is 4.98 Å². The molecule has 1 aliphatic rings. The molecule has 1 atom stereocenters. The number of sulfonamides is 1. The van der Waals surface area contributed by atoms with Crippen molar-refractivity contribution in [3.05, 3.63) is 101 Å². The lowest BCUT2D eigenvalue weighted by molar-refractivity contribution is 0.0925. The van der Waals surface area contributed by atoms with Gasteiger partial charge in [-0.25, -0.2) is 18.1 Å². The average Bonchev–Trinajstić information content (AvgIpc) is 2.86. The van der Waals surface area contributed by atoms with Crippen LogP contribution in [0.4, 0.5) is 5.95 Å². The summed E-state index contributed by atoms with van der Waals surface area (Å²) in [7, 11) is -4.08. The van der Waals surface area contributed by atoms with Gasteiger partial charge in [0, 0.05) is 17.2 Å². The zero-order valence-electron chi connectivity index (χ0n) is 19.7. The molecule has 0 unspecified atom stereocenters. The Labute approximate surface area is 209 Å². The van der Waals surface area contributed by atoms with E-state index in [1.165, 1.54) is 18.2 Å². The van der Waals surface area contributed by atoms with Crippen LogP contribution in [0.1, 0.15) is 33.2 Å². The lowest BCUT2D eigenvalue weighted by Crippen LogP contribution is -2.30. The zero-order chi connectivity index (χ0) is 25.3. The highest BCUT2D eigenvalue weighted by molar-refractivity contribution is 7.92. The van der Waals surface area contributed by atoms with Crippen molar-refractivity contribution in [3.63, 3.8) is 0 Å². The SMILES string of the molecule is Cc1cccc(C)c1-c1cc2nc(n1)NS(=O)(=O)c1cccc(c1)C(=O)NC[C@H](c1ccccc1)O2. The smallest absolute Gasteiger partial charge is 0.264 e. The summed E-state index contributed by atoms with van der Waals surface area (Å²) < 4.78 is 35.1. The molecule has 0 aliphatic carbocycles. The van der Waals surface area contributed by atoms with E-state index in [0.717, 1.165) is 22.3 Å². The minimum atomic E-state index is -4.08. The van der Waals surface area contributed by atoms with E-state index in [4.69, 9.17) is 4.74 Å². The zero-order valence-corrected chi connectivity index (χ0v) is 20.5. The fourth-order valence-corrected chi connectivity index (χ4v) is 5.18. The number of hydrogen-bond acceptors (Lipinski definition) is 6. The van der Waals surface area contributed by atoms with Crippen molar-refractivity contribution in [1.29, 1.82) is 0 Å². The van der Waals surface area contributed by atoms with Crippen LogP contribution in [0.15, 0.2) is 83.8 Å². The Bertz CT molecular complexity index is 1540. The second-order valence-corrected chi connectivity index (χ2v) is 10.2. The van der Waals surface area contributed by atoms with Gasteiger partial charge in [-0.1, -0.05) is 54.6 Å². The molecule has 36 heavy (non-hydrogen) atoms. The fourth-order valence-electron chi connectivity index (χ4n) is 4.19. The number of amides is 1. The van der Waals surface area contributed by atoms with Gasteiger partial charge >= 0.3 is 0 Å². The number of nitrogens with one attached hydrogen (secondary N) is 2. The van der Waals surface area contributed by atoms with E-state index in [-0.39, 0.29) is 28.8 Å². The van der Waals surface area contributed by atoms with Gasteiger partial charge in [0.1, 0.15) is 6.10 Å². The van der Waals surface area contributed by atoms with Crippen LogP contribution in [-0.4, -0.2) is 30.8 Å². The number of nitrogens with zero attached hydrogens (tertiary/aromatic N) is 2. The lowest BCUT2D eigenvalue weighted by atomic mass is 10.00. The molecular formula is C27H24N4O4S. The number of ether oxygens (including phenoxy) is 1. The minimum Gasteiger partial charge on any atom is -0.467 e. The van der Waals surface area contributed by atoms with Crippen LogP contribution in [-0.2, 0) is 10.0 Å². The van der Waals surface area contributed by atoms with E-state index < -0.39 is 22.0 Å². The Morgan fingerprint density at radius 1 is 0.889 bits per heavy atom. The molecule has 0 spiro atoms. The molecular weight excluding hydrogens is 476 g/mol. The van der Waals surface area contributed by atoms with Gasteiger partial charge in [0.25, 0.3) is 15.9 Å². The van der Waals surface area contributed by atoms with Crippen LogP contribution < -0.4 is 14.8 Å². The number of aryl methyl sites for hydroxylation is 2. The number of carbonyl (C=O) groups is 1. The Balaban J connectivity index is 1.69. The number of carbonyl (C=O) groups excluding carboxylic acids is 1. The number of hydrogen-bond donors (Lipinski definition) is 2. The third-order valence-electron chi connectivity index (χ3n) is 5.95. The van der Waals surface area contributed by atoms with Gasteiger partial charge in [-0.05, 0) is 48.7 Å². The van der Waals surface area contributed by atoms with Crippen molar-refractivity contribution in [3.8, 4) is 17.1 Å². The summed E-state index contributed by atoms with van der Waals surface area (Å²) in [6, 6.07) is 22.8. The third kappa shape index (κ3) is 4.78. The number of rotatable bonds is 2. The maximum atomic E-state index is 13.2. The first-order valence-electron chi connectivity index (χ1n) is 11.4. The highest BCUT2D eigenvalue weighted by Crippen LogP contribution is 2.31. The first-order valence-corrected chi connectivity index (χ1v) is 12.9. The van der Waals surface area contributed by atoms with Gasteiger partial charge in [0.15, 0.2) is 0 Å². The molecule has 0 saturated heterocycles. The molecule has 182 valence electrons. The van der Waals surface area contributed by atoms with Crippen molar-refractivity contribution in [1.82, 2.24) is 15.3 Å². The molecule has 4 aromatic rings. The highest BCUT2D eigenvalue weighted by Gasteiger charge is 2.23. The molecule has 2 N–H and O–H groups in total. The van der Waals surface area contributed by atoms with E-state index >= 15 is 0 Å². The second-order valence-electron chi connectivity index (χ2n) is 8.54. The molecule has 1 aromatic heterocycles. The first-order chi connectivity index (χ1) is 17.3. The highest BCUT2D eigenvalue weighted by atomic mass is 32.2. The molecule has 9 heteroatoms. The second kappa shape index (κ2) is 9.43. The van der Waals surface area contributed by atoms with Crippen LogP contribution in [0.2, 0.25) is 0 Å². The molecule has 1 amide bonds. The topological polar surface area (TPSA) is 110 Å². The van der Waals surface area contributed by atoms with Gasteiger partial charge in [-0.15, -0.1) is 0 Å². The van der Waals surface area contributed by atoms with E-state index in [9.17, 15) is 13.2 Å². The van der Waals surface area contributed by atoms with E-state index in [1.54, 1.807) is 12.1 Å². The molecule has 8 nitrogen and oxygen atoms in total. The summed E-state index contributed by atoms with van der Waals surface area (Å²) in [5.41, 5.74) is 4.38. The molecule has 0 saturated carbocycles. The van der Waals surface area contributed by atoms with Crippen molar-refractivity contribution >= 4 is 21.9 Å². The molecule has 0 fully saturated rings. The normalized spacial score (nSPS) is 16.8.